The van der Waals surface area contributed by atoms with Gasteiger partial charge in [-0.15, -0.1) is 0 Å². The molecule has 0 saturated heterocycles. The lowest BCUT2D eigenvalue weighted by atomic mass is 10.1. The Balaban J connectivity index is 2.09. The normalized spacial score (nSPS) is 13.4. The zero-order valence-corrected chi connectivity index (χ0v) is 11.5. The predicted octanol–water partition coefficient (Wildman–Crippen LogP) is 1.56. The number of rotatable bonds is 8. The summed E-state index contributed by atoms with van der Waals surface area (Å²) in [6.45, 7) is 2.90. The molecule has 18 heavy (non-hydrogen) atoms. The standard InChI is InChI=1S/C13H21NO3S/c1-12(11-18(14,15)16)10-17-9-5-8-13-6-3-2-4-7-13/h2-4,6-7,12H,5,8-11H2,1H3,(H2,14,15,16). The van der Waals surface area contributed by atoms with E-state index in [2.05, 4.69) is 12.1 Å². The Morgan fingerprint density at radius 3 is 2.56 bits per heavy atom. The Morgan fingerprint density at radius 2 is 1.94 bits per heavy atom. The minimum absolute atomic E-state index is 0.0221. The minimum atomic E-state index is -3.39. The molecule has 0 amide bonds. The number of sulfonamides is 1. The molecule has 0 aliphatic carbocycles. The summed E-state index contributed by atoms with van der Waals surface area (Å²) in [6.07, 6.45) is 1.91. The summed E-state index contributed by atoms with van der Waals surface area (Å²) in [5.41, 5.74) is 1.29. The van der Waals surface area contributed by atoms with Crippen LogP contribution in [0.25, 0.3) is 0 Å². The highest BCUT2D eigenvalue weighted by Crippen LogP contribution is 2.04. The van der Waals surface area contributed by atoms with E-state index in [1.165, 1.54) is 5.56 Å². The fourth-order valence-electron chi connectivity index (χ4n) is 1.75. The molecule has 1 aromatic rings. The van der Waals surface area contributed by atoms with Crippen LogP contribution in [0.15, 0.2) is 30.3 Å². The Labute approximate surface area is 109 Å². The molecule has 5 heteroatoms. The minimum Gasteiger partial charge on any atom is -0.381 e. The molecule has 1 unspecified atom stereocenters. The molecule has 1 atom stereocenters. The lowest BCUT2D eigenvalue weighted by Crippen LogP contribution is -2.24. The van der Waals surface area contributed by atoms with Gasteiger partial charge in [0.2, 0.25) is 10.0 Å². The van der Waals surface area contributed by atoms with Crippen molar-refractivity contribution in [3.05, 3.63) is 35.9 Å². The van der Waals surface area contributed by atoms with E-state index >= 15 is 0 Å². The van der Waals surface area contributed by atoms with Gasteiger partial charge in [-0.05, 0) is 24.3 Å². The molecule has 0 fully saturated rings. The van der Waals surface area contributed by atoms with Gasteiger partial charge in [-0.25, -0.2) is 13.6 Å². The summed E-state index contributed by atoms with van der Waals surface area (Å²) in [4.78, 5) is 0. The van der Waals surface area contributed by atoms with Gasteiger partial charge in [0, 0.05) is 6.61 Å². The maximum absolute atomic E-state index is 10.8. The van der Waals surface area contributed by atoms with Crippen LogP contribution < -0.4 is 5.14 Å². The first kappa shape index (κ1) is 15.1. The second-order valence-electron chi connectivity index (χ2n) is 4.60. The highest BCUT2D eigenvalue weighted by molar-refractivity contribution is 7.89. The fraction of sp³-hybridized carbons (Fsp3) is 0.538. The Hall–Kier alpha value is -0.910. The number of hydrogen-bond acceptors (Lipinski definition) is 3. The van der Waals surface area contributed by atoms with Crippen LogP contribution in [-0.2, 0) is 21.2 Å². The van der Waals surface area contributed by atoms with Crippen molar-refractivity contribution in [1.29, 1.82) is 0 Å². The summed E-state index contributed by atoms with van der Waals surface area (Å²) in [7, 11) is -3.39. The van der Waals surface area contributed by atoms with E-state index in [-0.39, 0.29) is 11.7 Å². The van der Waals surface area contributed by atoms with Crippen LogP contribution in [0.5, 0.6) is 0 Å². The lowest BCUT2D eigenvalue weighted by molar-refractivity contribution is 0.109. The quantitative estimate of drug-likeness (QED) is 0.729. The molecule has 102 valence electrons. The monoisotopic (exact) mass is 271 g/mol. The number of ether oxygens (including phenoxy) is 1. The average Bonchev–Trinajstić information content (AvgIpc) is 2.27. The van der Waals surface area contributed by atoms with Crippen molar-refractivity contribution in [2.45, 2.75) is 19.8 Å². The molecule has 2 N–H and O–H groups in total. The van der Waals surface area contributed by atoms with Gasteiger partial charge in [-0.2, -0.15) is 0 Å². The topological polar surface area (TPSA) is 69.4 Å². The first-order valence-corrected chi connectivity index (χ1v) is 7.81. The molecule has 0 spiro atoms. The van der Waals surface area contributed by atoms with Crippen LogP contribution in [-0.4, -0.2) is 27.4 Å². The third kappa shape index (κ3) is 7.42. The van der Waals surface area contributed by atoms with E-state index < -0.39 is 10.0 Å². The van der Waals surface area contributed by atoms with Crippen molar-refractivity contribution in [2.75, 3.05) is 19.0 Å². The van der Waals surface area contributed by atoms with Crippen LogP contribution in [0.1, 0.15) is 18.9 Å². The van der Waals surface area contributed by atoms with Gasteiger partial charge in [0.05, 0.1) is 12.4 Å². The Morgan fingerprint density at radius 1 is 1.28 bits per heavy atom. The summed E-state index contributed by atoms with van der Waals surface area (Å²) in [5.74, 6) is -0.0807. The first-order chi connectivity index (χ1) is 8.47. The highest BCUT2D eigenvalue weighted by Gasteiger charge is 2.10. The van der Waals surface area contributed by atoms with Crippen LogP contribution in [0.3, 0.4) is 0 Å². The van der Waals surface area contributed by atoms with Crippen LogP contribution >= 0.6 is 0 Å². The van der Waals surface area contributed by atoms with E-state index in [9.17, 15) is 8.42 Å². The highest BCUT2D eigenvalue weighted by atomic mass is 32.2. The van der Waals surface area contributed by atoms with E-state index in [4.69, 9.17) is 9.88 Å². The lowest BCUT2D eigenvalue weighted by Gasteiger charge is -2.10. The largest absolute Gasteiger partial charge is 0.381 e. The molecule has 0 aliphatic heterocycles. The number of benzene rings is 1. The molecule has 0 aliphatic rings. The Kier molecular flexibility index (Phi) is 6.32. The molecule has 0 saturated carbocycles. The van der Waals surface area contributed by atoms with Gasteiger partial charge in [0.15, 0.2) is 0 Å². The smallest absolute Gasteiger partial charge is 0.209 e. The molecular formula is C13H21NO3S. The van der Waals surface area contributed by atoms with E-state index in [0.717, 1.165) is 12.8 Å². The van der Waals surface area contributed by atoms with Crippen LogP contribution in [0.2, 0.25) is 0 Å². The van der Waals surface area contributed by atoms with Crippen molar-refractivity contribution < 1.29 is 13.2 Å². The molecular weight excluding hydrogens is 250 g/mol. The summed E-state index contributed by atoms with van der Waals surface area (Å²) >= 11 is 0. The van der Waals surface area contributed by atoms with E-state index in [1.807, 2.05) is 25.1 Å². The fourth-order valence-corrected chi connectivity index (χ4v) is 2.64. The van der Waals surface area contributed by atoms with Gasteiger partial charge in [0.1, 0.15) is 0 Å². The van der Waals surface area contributed by atoms with E-state index in [1.54, 1.807) is 0 Å². The third-order valence-electron chi connectivity index (χ3n) is 2.52. The van der Waals surface area contributed by atoms with Crippen molar-refractivity contribution in [2.24, 2.45) is 11.1 Å². The molecule has 1 aromatic carbocycles. The number of hydrogen-bond donors (Lipinski definition) is 1. The van der Waals surface area contributed by atoms with Crippen molar-refractivity contribution >= 4 is 10.0 Å². The predicted molar refractivity (Wildman–Crippen MR) is 72.7 cm³/mol. The Bertz CT molecular complexity index is 431. The van der Waals surface area contributed by atoms with Gasteiger partial charge >= 0.3 is 0 Å². The van der Waals surface area contributed by atoms with Crippen LogP contribution in [0.4, 0.5) is 0 Å². The maximum Gasteiger partial charge on any atom is 0.209 e. The number of primary sulfonamides is 1. The van der Waals surface area contributed by atoms with E-state index in [0.29, 0.717) is 13.2 Å². The van der Waals surface area contributed by atoms with Gasteiger partial charge < -0.3 is 4.74 Å². The van der Waals surface area contributed by atoms with Crippen molar-refractivity contribution in [1.82, 2.24) is 0 Å². The zero-order valence-electron chi connectivity index (χ0n) is 10.7. The van der Waals surface area contributed by atoms with Crippen LogP contribution in [0, 0.1) is 5.92 Å². The molecule has 0 bridgehead atoms. The molecule has 1 rings (SSSR count). The third-order valence-corrected chi connectivity index (χ3v) is 3.55. The number of aryl methyl sites for hydroxylation is 1. The first-order valence-electron chi connectivity index (χ1n) is 6.09. The summed E-state index contributed by atoms with van der Waals surface area (Å²) < 4.78 is 27.1. The maximum atomic E-state index is 10.8. The SMILES string of the molecule is CC(COCCCc1ccccc1)CS(N)(=O)=O. The van der Waals surface area contributed by atoms with Crippen molar-refractivity contribution in [3.63, 3.8) is 0 Å². The van der Waals surface area contributed by atoms with Gasteiger partial charge in [0.25, 0.3) is 0 Å². The second kappa shape index (κ2) is 7.51. The van der Waals surface area contributed by atoms with Gasteiger partial charge in [-0.1, -0.05) is 37.3 Å². The number of nitrogens with two attached hydrogens (primary N) is 1. The molecule has 0 heterocycles. The second-order valence-corrected chi connectivity index (χ2v) is 6.26. The zero-order chi connectivity index (χ0) is 13.4. The average molecular weight is 271 g/mol. The molecule has 0 aromatic heterocycles. The summed E-state index contributed by atoms with van der Waals surface area (Å²) in [5, 5.41) is 4.96. The van der Waals surface area contributed by atoms with Gasteiger partial charge in [-0.3, -0.25) is 0 Å². The molecule has 4 nitrogen and oxygen atoms in total. The molecule has 0 radical (unpaired) electrons. The van der Waals surface area contributed by atoms with Crippen molar-refractivity contribution in [3.8, 4) is 0 Å². The summed E-state index contributed by atoms with van der Waals surface area (Å²) in [6, 6.07) is 10.2.